The van der Waals surface area contributed by atoms with Gasteiger partial charge in [0.05, 0.1) is 80.6 Å². The van der Waals surface area contributed by atoms with Crippen molar-refractivity contribution in [1.29, 1.82) is 0 Å². The second-order valence-electron chi connectivity index (χ2n) is 12.9. The van der Waals surface area contributed by atoms with Crippen molar-refractivity contribution < 1.29 is 26.3 Å². The Balaban J connectivity index is 1.75. The van der Waals surface area contributed by atoms with Crippen molar-refractivity contribution in [3.8, 4) is 17.0 Å². The Morgan fingerprint density at radius 2 is 1.82 bits per heavy atom. The van der Waals surface area contributed by atoms with E-state index >= 15 is 4.39 Å². The van der Waals surface area contributed by atoms with Crippen molar-refractivity contribution >= 4 is 55.3 Å². The van der Waals surface area contributed by atoms with E-state index in [-0.39, 0.29) is 47.1 Å². The maximum Gasteiger partial charge on any atom is 0.248 e. The Hall–Kier alpha value is -3.81. The van der Waals surface area contributed by atoms with Crippen LogP contribution in [0.3, 0.4) is 0 Å². The van der Waals surface area contributed by atoms with Crippen LogP contribution in [-0.4, -0.2) is 80.8 Å². The quantitative estimate of drug-likeness (QED) is 0.254. The second-order valence-corrected chi connectivity index (χ2v) is 14.9. The Labute approximate surface area is 261 Å². The maximum absolute atomic E-state index is 15.7. The smallest absolute Gasteiger partial charge is 0.248 e. The van der Waals surface area contributed by atoms with Gasteiger partial charge in [0, 0.05) is 44.1 Å². The van der Waals surface area contributed by atoms with Crippen LogP contribution in [0.15, 0.2) is 47.6 Å². The molecule has 1 aromatic carbocycles. The van der Waals surface area contributed by atoms with E-state index in [9.17, 15) is 17.2 Å². The Morgan fingerprint density at radius 1 is 1.11 bits per heavy atom. The van der Waals surface area contributed by atoms with E-state index in [1.807, 2.05) is 34.2 Å². The first-order valence-electron chi connectivity index (χ1n) is 14.7. The van der Waals surface area contributed by atoms with E-state index in [1.54, 1.807) is 17.9 Å². The fourth-order valence-corrected chi connectivity index (χ4v) is 7.15. The van der Waals surface area contributed by atoms with Crippen LogP contribution in [0.4, 0.5) is 13.2 Å². The van der Waals surface area contributed by atoms with Gasteiger partial charge in [-0.25, -0.2) is 26.3 Å². The van der Waals surface area contributed by atoms with Crippen LogP contribution >= 0.6 is 0 Å². The lowest BCUT2D eigenvalue weighted by atomic mass is 9.41. The average molecular weight is 634 g/mol. The standard InChI is InChI=1S/C29H32B3F3N6O3S/c1-40-26(27(38-39-40)29(30,31)32)16-11-20-24(37-14-16)22-19(12-17(45(3,42)43)13-21(22)44-2)41(20)25(23-18(33)5-4-10-36-23)15-6-8-28(34,35)9-7-15/h4-5,10-15,25H,6-9,30-32H2,1-3H3. The molecule has 0 amide bonds. The number of rotatable bonds is 7. The van der Waals surface area contributed by atoms with Gasteiger partial charge in [-0.05, 0) is 49.1 Å². The molecule has 16 heteroatoms. The van der Waals surface area contributed by atoms with Gasteiger partial charge in [-0.15, -0.1) is 5.10 Å². The van der Waals surface area contributed by atoms with Gasteiger partial charge in [-0.1, -0.05) is 10.3 Å². The Bertz CT molecular complexity index is 2050. The van der Waals surface area contributed by atoms with Crippen LogP contribution in [0.5, 0.6) is 5.75 Å². The topological polar surface area (TPSA) is 105 Å². The number of halogens is 3. The normalized spacial score (nSPS) is 16.8. The van der Waals surface area contributed by atoms with Gasteiger partial charge in [-0.2, -0.15) is 0 Å². The molecule has 1 unspecified atom stereocenters. The van der Waals surface area contributed by atoms with E-state index in [4.69, 9.17) is 9.72 Å². The van der Waals surface area contributed by atoms with E-state index in [2.05, 4.69) is 15.3 Å². The van der Waals surface area contributed by atoms with Crippen molar-refractivity contribution in [3.63, 3.8) is 0 Å². The number of aromatic nitrogens is 6. The van der Waals surface area contributed by atoms with Crippen LogP contribution < -0.4 is 4.74 Å². The minimum atomic E-state index is -3.71. The van der Waals surface area contributed by atoms with Crippen molar-refractivity contribution in [3.05, 3.63) is 59.9 Å². The number of fused-ring (bicyclic) bond motifs is 3. The van der Waals surface area contributed by atoms with E-state index in [0.717, 1.165) is 17.6 Å². The summed E-state index contributed by atoms with van der Waals surface area (Å²) in [5.41, 5.74) is 3.68. The first-order chi connectivity index (χ1) is 21.1. The van der Waals surface area contributed by atoms with Gasteiger partial charge in [0.25, 0.3) is 0 Å². The number of alkyl halides is 2. The highest BCUT2D eigenvalue weighted by Crippen LogP contribution is 2.47. The summed E-state index contributed by atoms with van der Waals surface area (Å²) in [6, 6.07) is 6.77. The molecule has 1 saturated carbocycles. The van der Waals surface area contributed by atoms with Gasteiger partial charge in [-0.3, -0.25) is 9.97 Å². The number of benzene rings is 1. The summed E-state index contributed by atoms with van der Waals surface area (Å²) in [5, 5.41) is 8.85. The highest BCUT2D eigenvalue weighted by Gasteiger charge is 2.41. The number of aryl methyl sites for hydroxylation is 1. The molecule has 1 aliphatic carbocycles. The fourth-order valence-electron chi connectivity index (χ4n) is 6.50. The zero-order valence-electron chi connectivity index (χ0n) is 26.0. The monoisotopic (exact) mass is 634 g/mol. The molecule has 4 heterocycles. The van der Waals surface area contributed by atoms with Crippen LogP contribution in [0, 0.1) is 11.7 Å². The van der Waals surface area contributed by atoms with Crippen LogP contribution in [0.25, 0.3) is 33.2 Å². The van der Waals surface area contributed by atoms with E-state index in [1.165, 1.54) is 37.6 Å². The molecule has 1 atom stereocenters. The summed E-state index contributed by atoms with van der Waals surface area (Å²) in [5.74, 6) is -3.57. The lowest BCUT2D eigenvalue weighted by Crippen LogP contribution is -2.31. The lowest BCUT2D eigenvalue weighted by Gasteiger charge is -2.35. The third kappa shape index (κ3) is 5.51. The van der Waals surface area contributed by atoms with Gasteiger partial charge in [0.2, 0.25) is 5.92 Å². The molecule has 1 aliphatic rings. The van der Waals surface area contributed by atoms with Gasteiger partial charge in [0.1, 0.15) is 11.6 Å². The molecule has 9 nitrogen and oxygen atoms in total. The van der Waals surface area contributed by atoms with Gasteiger partial charge < -0.3 is 9.30 Å². The number of nitrogens with zero attached hydrogens (tertiary/aromatic N) is 6. The molecule has 0 N–H and O–H groups in total. The molecule has 0 aliphatic heterocycles. The molecule has 0 saturated heterocycles. The summed E-state index contributed by atoms with van der Waals surface area (Å²) in [6.07, 6.45) is 3.80. The number of methoxy groups -OCH3 is 1. The molecular formula is C29H32B3F3N6O3S. The van der Waals surface area contributed by atoms with Crippen molar-refractivity contribution in [2.75, 3.05) is 13.4 Å². The van der Waals surface area contributed by atoms with Gasteiger partial charge >= 0.3 is 0 Å². The average Bonchev–Trinajstić information content (AvgIpc) is 3.52. The first-order valence-corrected chi connectivity index (χ1v) is 16.6. The molecule has 5 aromatic rings. The third-order valence-corrected chi connectivity index (χ3v) is 9.78. The number of hydrogen-bond donors (Lipinski definition) is 0. The number of ether oxygens (including phenoxy) is 1. The molecule has 6 rings (SSSR count). The summed E-state index contributed by atoms with van der Waals surface area (Å²) in [6.45, 7) is 0. The summed E-state index contributed by atoms with van der Waals surface area (Å²) in [4.78, 5) is 9.29. The predicted molar refractivity (Wildman–Crippen MR) is 173 cm³/mol. The number of hydrogen-bond acceptors (Lipinski definition) is 7. The second kappa shape index (κ2) is 10.9. The molecule has 45 heavy (non-hydrogen) atoms. The van der Waals surface area contributed by atoms with Crippen molar-refractivity contribution in [2.24, 2.45) is 13.0 Å². The number of sulfone groups is 1. The Kier molecular flexibility index (Phi) is 7.57. The zero-order chi connectivity index (χ0) is 32.5. The maximum atomic E-state index is 15.7. The first kappa shape index (κ1) is 31.2. The van der Waals surface area contributed by atoms with Crippen LogP contribution in [0.1, 0.15) is 43.1 Å². The fraction of sp³-hybridized carbons (Fsp3) is 0.379. The number of pyridine rings is 2. The van der Waals surface area contributed by atoms with E-state index in [0.29, 0.717) is 27.5 Å². The van der Waals surface area contributed by atoms with Crippen LogP contribution in [0.2, 0.25) is 0 Å². The van der Waals surface area contributed by atoms with Crippen LogP contribution in [-0.2, 0) is 22.0 Å². The minimum absolute atomic E-state index is 0.00240. The molecule has 0 bridgehead atoms. The van der Waals surface area contributed by atoms with Crippen molar-refractivity contribution in [1.82, 2.24) is 29.5 Å². The highest BCUT2D eigenvalue weighted by atomic mass is 32.2. The SMILES string of the molecule is BC(B)(B)c1nnn(C)c1-c1cnc2c3c(OC)cc(S(C)(=O)=O)cc3n(C(c3ncccc3F)C3CCC(F)(F)CC3)c2c1. The third-order valence-electron chi connectivity index (χ3n) is 8.69. The van der Waals surface area contributed by atoms with Crippen molar-refractivity contribution in [2.45, 2.75) is 47.7 Å². The van der Waals surface area contributed by atoms with E-state index < -0.39 is 33.5 Å². The summed E-state index contributed by atoms with van der Waals surface area (Å²) < 4.78 is 79.5. The van der Waals surface area contributed by atoms with Gasteiger partial charge in [0.15, 0.2) is 9.84 Å². The zero-order valence-corrected chi connectivity index (χ0v) is 26.8. The lowest BCUT2D eigenvalue weighted by molar-refractivity contribution is -0.0495. The summed E-state index contributed by atoms with van der Waals surface area (Å²) >= 11 is 0. The summed E-state index contributed by atoms with van der Waals surface area (Å²) in [7, 11) is 5.59. The molecule has 0 radical (unpaired) electrons. The molecule has 4 aromatic heterocycles. The molecule has 232 valence electrons. The predicted octanol–water partition coefficient (Wildman–Crippen LogP) is 2.36. The molecular weight excluding hydrogens is 602 g/mol. The highest BCUT2D eigenvalue weighted by molar-refractivity contribution is 7.90. The Morgan fingerprint density at radius 3 is 2.44 bits per heavy atom. The minimum Gasteiger partial charge on any atom is -0.496 e. The molecule has 1 fully saturated rings. The molecule has 0 spiro atoms. The largest absolute Gasteiger partial charge is 0.496 e.